The van der Waals surface area contributed by atoms with Gasteiger partial charge in [-0.15, -0.1) is 0 Å². The number of nitriles is 1. The molecule has 8 heteroatoms. The lowest BCUT2D eigenvalue weighted by atomic mass is 9.74. The summed E-state index contributed by atoms with van der Waals surface area (Å²) in [5.74, 6) is 0. The van der Waals surface area contributed by atoms with Crippen LogP contribution in [-0.4, -0.2) is 18.6 Å². The lowest BCUT2D eigenvalue weighted by Gasteiger charge is -2.33. The molecule has 0 saturated heterocycles. The van der Waals surface area contributed by atoms with E-state index >= 15 is 0 Å². The quantitative estimate of drug-likeness (QED) is 0.814. The molecule has 1 aromatic carbocycles. The minimum Gasteiger partial charge on any atom is -0.246 e. The topological polar surface area (TPSA) is 62.9 Å². The van der Waals surface area contributed by atoms with E-state index < -0.39 is 28.0 Å². The molecular formula is C17H15F3N2O2S. The normalized spacial score (nSPS) is 20.8. The molecule has 2 aromatic rings. The second-order valence-corrected chi connectivity index (χ2v) is 8.08. The molecule has 25 heavy (non-hydrogen) atoms. The van der Waals surface area contributed by atoms with Crippen LogP contribution < -0.4 is 0 Å². The predicted octanol–water partition coefficient (Wildman–Crippen LogP) is 3.59. The number of halogens is 3. The van der Waals surface area contributed by atoms with Crippen LogP contribution in [0.2, 0.25) is 0 Å². The minimum absolute atomic E-state index is 0.00311. The van der Waals surface area contributed by atoms with Crippen molar-refractivity contribution in [1.29, 1.82) is 5.26 Å². The smallest absolute Gasteiger partial charge is 0.246 e. The number of fused-ring (bicyclic) bond motifs is 1. The summed E-state index contributed by atoms with van der Waals surface area (Å²) in [7, 11) is -4.02. The molecule has 0 fully saturated rings. The van der Waals surface area contributed by atoms with E-state index in [1.807, 2.05) is 0 Å². The third-order valence-electron chi connectivity index (χ3n) is 4.67. The molecule has 1 aliphatic carbocycles. The van der Waals surface area contributed by atoms with Gasteiger partial charge in [-0.25, -0.2) is 12.4 Å². The van der Waals surface area contributed by atoms with Crippen LogP contribution in [0, 0.1) is 23.7 Å². The summed E-state index contributed by atoms with van der Waals surface area (Å²) in [6.07, 6.45) is -4.47. The largest absolute Gasteiger partial charge is 0.407 e. The Hall–Kier alpha value is -2.27. The Morgan fingerprint density at radius 1 is 1.20 bits per heavy atom. The number of benzene rings is 1. The zero-order valence-electron chi connectivity index (χ0n) is 13.3. The van der Waals surface area contributed by atoms with Gasteiger partial charge >= 0.3 is 6.18 Å². The minimum atomic E-state index is -4.72. The second kappa shape index (κ2) is 5.63. The fraction of sp³-hybridized carbons (Fsp3) is 0.353. The van der Waals surface area contributed by atoms with Crippen LogP contribution in [0.5, 0.6) is 0 Å². The summed E-state index contributed by atoms with van der Waals surface area (Å²) in [5.41, 5.74) is -1.12. The molecule has 0 aliphatic heterocycles. The molecule has 4 nitrogen and oxygen atoms in total. The van der Waals surface area contributed by atoms with Crippen molar-refractivity contribution in [3.63, 3.8) is 0 Å². The highest BCUT2D eigenvalue weighted by molar-refractivity contribution is 7.90. The zero-order valence-corrected chi connectivity index (χ0v) is 14.2. The average Bonchev–Trinajstić information content (AvgIpc) is 2.97. The first-order valence-corrected chi connectivity index (χ1v) is 9.04. The van der Waals surface area contributed by atoms with E-state index in [9.17, 15) is 21.6 Å². The maximum Gasteiger partial charge on any atom is 0.407 e. The van der Waals surface area contributed by atoms with Crippen molar-refractivity contribution >= 4 is 10.0 Å². The van der Waals surface area contributed by atoms with Crippen molar-refractivity contribution in [3.05, 3.63) is 53.3 Å². The van der Waals surface area contributed by atoms with Crippen molar-refractivity contribution in [2.75, 3.05) is 0 Å². The second-order valence-electron chi connectivity index (χ2n) is 6.27. The van der Waals surface area contributed by atoms with Crippen LogP contribution in [0.25, 0.3) is 0 Å². The SMILES string of the molecule is Cc1ccc(S(=O)(=O)n2ccc3c2C[C@@](C#N)(C(F)(F)F)CC3)cc1. The first-order chi connectivity index (χ1) is 11.6. The Balaban J connectivity index is 2.10. The third-order valence-corrected chi connectivity index (χ3v) is 6.40. The van der Waals surface area contributed by atoms with E-state index in [1.165, 1.54) is 30.5 Å². The number of nitrogens with zero attached hydrogens (tertiary/aromatic N) is 2. The summed E-state index contributed by atoms with van der Waals surface area (Å²) >= 11 is 0. The summed E-state index contributed by atoms with van der Waals surface area (Å²) < 4.78 is 66.8. The van der Waals surface area contributed by atoms with Crippen LogP contribution in [0.4, 0.5) is 13.2 Å². The molecular weight excluding hydrogens is 353 g/mol. The highest BCUT2D eigenvalue weighted by Crippen LogP contribution is 2.47. The molecule has 0 amide bonds. The molecule has 3 rings (SSSR count). The Morgan fingerprint density at radius 2 is 1.84 bits per heavy atom. The van der Waals surface area contributed by atoms with Crippen LogP contribution in [-0.2, 0) is 22.9 Å². The molecule has 132 valence electrons. The Bertz CT molecular complexity index is 953. The first kappa shape index (κ1) is 17.5. The van der Waals surface area contributed by atoms with Gasteiger partial charge < -0.3 is 0 Å². The highest BCUT2D eigenvalue weighted by atomic mass is 32.2. The van der Waals surface area contributed by atoms with E-state index in [4.69, 9.17) is 5.26 Å². The summed E-state index contributed by atoms with van der Waals surface area (Å²) in [4.78, 5) is -0.00311. The maximum absolute atomic E-state index is 13.4. The first-order valence-electron chi connectivity index (χ1n) is 7.60. The number of alkyl halides is 3. The number of aromatic nitrogens is 1. The third kappa shape index (κ3) is 2.72. The van der Waals surface area contributed by atoms with Crippen molar-refractivity contribution in [1.82, 2.24) is 3.97 Å². The van der Waals surface area contributed by atoms with Gasteiger partial charge in [-0.1, -0.05) is 17.7 Å². The molecule has 0 spiro atoms. The van der Waals surface area contributed by atoms with E-state index in [0.29, 0.717) is 5.56 Å². The molecule has 0 radical (unpaired) electrons. The van der Waals surface area contributed by atoms with E-state index in [2.05, 4.69) is 0 Å². The zero-order chi connectivity index (χ0) is 18.5. The number of rotatable bonds is 2. The van der Waals surface area contributed by atoms with Gasteiger partial charge in [0.05, 0.1) is 11.0 Å². The van der Waals surface area contributed by atoms with Crippen LogP contribution in [0.1, 0.15) is 23.2 Å². The monoisotopic (exact) mass is 368 g/mol. The Morgan fingerprint density at radius 3 is 2.40 bits per heavy atom. The van der Waals surface area contributed by atoms with Gasteiger partial charge in [0, 0.05) is 18.3 Å². The van der Waals surface area contributed by atoms with Crippen LogP contribution >= 0.6 is 0 Å². The molecule has 0 N–H and O–H groups in total. The molecule has 0 saturated carbocycles. The fourth-order valence-corrected chi connectivity index (χ4v) is 4.48. The van der Waals surface area contributed by atoms with Crippen LogP contribution in [0.3, 0.4) is 0 Å². The van der Waals surface area contributed by atoms with E-state index in [-0.39, 0.29) is 23.4 Å². The molecule has 1 aliphatic rings. The number of hydrogen-bond acceptors (Lipinski definition) is 3. The van der Waals surface area contributed by atoms with Gasteiger partial charge in [0.1, 0.15) is 0 Å². The predicted molar refractivity (Wildman–Crippen MR) is 84.3 cm³/mol. The molecule has 0 bridgehead atoms. The van der Waals surface area contributed by atoms with Gasteiger partial charge in [0.15, 0.2) is 5.41 Å². The maximum atomic E-state index is 13.4. The van der Waals surface area contributed by atoms with Gasteiger partial charge in [-0.05, 0) is 43.5 Å². The Labute approximate surface area is 143 Å². The number of hydrogen-bond donors (Lipinski definition) is 0. The lowest BCUT2D eigenvalue weighted by Crippen LogP contribution is -2.42. The van der Waals surface area contributed by atoms with Gasteiger partial charge in [0.25, 0.3) is 10.0 Å². The van der Waals surface area contributed by atoms with Gasteiger partial charge in [0.2, 0.25) is 0 Å². The summed E-state index contributed by atoms with van der Waals surface area (Å²) in [5, 5.41) is 9.15. The van der Waals surface area contributed by atoms with E-state index in [1.54, 1.807) is 19.1 Å². The number of aryl methyl sites for hydroxylation is 2. The van der Waals surface area contributed by atoms with Gasteiger partial charge in [-0.2, -0.15) is 18.4 Å². The van der Waals surface area contributed by atoms with Crippen LogP contribution in [0.15, 0.2) is 41.4 Å². The lowest BCUT2D eigenvalue weighted by molar-refractivity contribution is -0.206. The molecule has 1 aromatic heterocycles. The average molecular weight is 368 g/mol. The van der Waals surface area contributed by atoms with Crippen molar-refractivity contribution < 1.29 is 21.6 Å². The standard InChI is InChI=1S/C17H15F3N2O2S/c1-12-2-4-14(5-3-12)25(23,24)22-9-7-13-6-8-16(11-21,10-15(13)22)17(18,19)20/h2-5,7,9H,6,8,10H2,1H3/t16-/m0/s1. The van der Waals surface area contributed by atoms with Crippen molar-refractivity contribution in [2.45, 2.75) is 37.3 Å². The highest BCUT2D eigenvalue weighted by Gasteiger charge is 2.57. The van der Waals surface area contributed by atoms with Crippen molar-refractivity contribution in [3.8, 4) is 6.07 Å². The van der Waals surface area contributed by atoms with Crippen molar-refractivity contribution in [2.24, 2.45) is 5.41 Å². The molecule has 1 heterocycles. The molecule has 0 unspecified atom stereocenters. The van der Waals surface area contributed by atoms with E-state index in [0.717, 1.165) is 9.54 Å². The van der Waals surface area contributed by atoms with Gasteiger partial charge in [-0.3, -0.25) is 0 Å². The fourth-order valence-electron chi connectivity index (χ4n) is 3.08. The Kier molecular flexibility index (Phi) is 3.95. The summed E-state index contributed by atoms with van der Waals surface area (Å²) in [6.45, 7) is 1.80. The molecule has 1 atom stereocenters. The summed E-state index contributed by atoms with van der Waals surface area (Å²) in [6, 6.07) is 8.98.